The summed E-state index contributed by atoms with van der Waals surface area (Å²) in [5.41, 5.74) is -0.192. The van der Waals surface area contributed by atoms with Gasteiger partial charge in [0.1, 0.15) is 6.33 Å². The molecule has 0 aromatic carbocycles. The van der Waals surface area contributed by atoms with Crippen molar-refractivity contribution in [1.29, 1.82) is 0 Å². The minimum atomic E-state index is -0.502. The third kappa shape index (κ3) is 2.66. The molecule has 1 aromatic rings. The highest BCUT2D eigenvalue weighted by atomic mass is 16.6. The Bertz CT molecular complexity index is 495. The molecule has 3 atom stereocenters. The SMILES string of the molecule is CCC1CCC(Nc2ncnc(OC)c2[N+](=O)[O-])C1C. The summed E-state index contributed by atoms with van der Waals surface area (Å²) in [6, 6.07) is 0.207. The second kappa shape index (κ2) is 6.02. The maximum absolute atomic E-state index is 11.2. The maximum atomic E-state index is 11.2. The minimum Gasteiger partial charge on any atom is -0.476 e. The van der Waals surface area contributed by atoms with Crippen LogP contribution in [-0.2, 0) is 0 Å². The van der Waals surface area contributed by atoms with E-state index in [9.17, 15) is 10.1 Å². The number of methoxy groups -OCH3 is 1. The van der Waals surface area contributed by atoms with Gasteiger partial charge in [0.15, 0.2) is 0 Å². The molecule has 0 bridgehead atoms. The standard InChI is InChI=1S/C13H20N4O3/c1-4-9-5-6-10(8(9)2)16-12-11(17(18)19)13(20-3)15-7-14-12/h7-10H,4-6H2,1-3H3,(H,14,15,16). The van der Waals surface area contributed by atoms with Gasteiger partial charge < -0.3 is 10.1 Å². The molecule has 0 spiro atoms. The molecule has 7 nitrogen and oxygen atoms in total. The largest absolute Gasteiger partial charge is 0.476 e. The molecule has 20 heavy (non-hydrogen) atoms. The highest BCUT2D eigenvalue weighted by Crippen LogP contribution is 2.38. The van der Waals surface area contributed by atoms with Gasteiger partial charge in [-0.15, -0.1) is 0 Å². The predicted octanol–water partition coefficient (Wildman–Crippen LogP) is 2.63. The Hall–Kier alpha value is -1.92. The van der Waals surface area contributed by atoms with Crippen molar-refractivity contribution in [2.45, 2.75) is 39.2 Å². The predicted molar refractivity (Wildman–Crippen MR) is 74.8 cm³/mol. The molecule has 110 valence electrons. The molecular formula is C13H20N4O3. The second-order valence-corrected chi connectivity index (χ2v) is 5.19. The fourth-order valence-electron chi connectivity index (χ4n) is 2.99. The van der Waals surface area contributed by atoms with Gasteiger partial charge >= 0.3 is 5.69 Å². The Kier molecular flexibility index (Phi) is 4.36. The minimum absolute atomic E-state index is 0.00908. The van der Waals surface area contributed by atoms with E-state index >= 15 is 0 Å². The van der Waals surface area contributed by atoms with Crippen molar-refractivity contribution in [3.8, 4) is 5.88 Å². The van der Waals surface area contributed by atoms with E-state index in [4.69, 9.17) is 4.74 Å². The van der Waals surface area contributed by atoms with Gasteiger partial charge in [0.25, 0.3) is 5.88 Å². The molecule has 0 amide bonds. The van der Waals surface area contributed by atoms with Crippen LogP contribution in [0.4, 0.5) is 11.5 Å². The summed E-state index contributed by atoms with van der Waals surface area (Å²) in [5, 5.41) is 14.4. The van der Waals surface area contributed by atoms with Crippen LogP contribution in [0.1, 0.15) is 33.1 Å². The van der Waals surface area contributed by atoms with Crippen LogP contribution >= 0.6 is 0 Å². The Morgan fingerprint density at radius 1 is 1.50 bits per heavy atom. The van der Waals surface area contributed by atoms with Gasteiger partial charge in [0, 0.05) is 6.04 Å². The van der Waals surface area contributed by atoms with Gasteiger partial charge in [-0.1, -0.05) is 20.3 Å². The molecule has 7 heteroatoms. The van der Waals surface area contributed by atoms with Crippen LogP contribution in [0, 0.1) is 22.0 Å². The van der Waals surface area contributed by atoms with Gasteiger partial charge in [-0.3, -0.25) is 10.1 Å². The summed E-state index contributed by atoms with van der Waals surface area (Å²) in [4.78, 5) is 18.5. The summed E-state index contributed by atoms with van der Waals surface area (Å²) in [6.45, 7) is 4.36. The quantitative estimate of drug-likeness (QED) is 0.658. The van der Waals surface area contributed by atoms with Gasteiger partial charge in [-0.2, -0.15) is 4.98 Å². The Labute approximate surface area is 117 Å². The monoisotopic (exact) mass is 280 g/mol. The maximum Gasteiger partial charge on any atom is 0.372 e. The van der Waals surface area contributed by atoms with E-state index < -0.39 is 4.92 Å². The molecule has 1 N–H and O–H groups in total. The van der Waals surface area contributed by atoms with Crippen molar-refractivity contribution in [1.82, 2.24) is 9.97 Å². The van der Waals surface area contributed by atoms with Crippen molar-refractivity contribution >= 4 is 11.5 Å². The fourth-order valence-corrected chi connectivity index (χ4v) is 2.99. The summed E-state index contributed by atoms with van der Waals surface area (Å²) in [6.07, 6.45) is 4.56. The molecule has 3 unspecified atom stereocenters. The van der Waals surface area contributed by atoms with Crippen molar-refractivity contribution in [2.75, 3.05) is 12.4 Å². The topological polar surface area (TPSA) is 90.2 Å². The van der Waals surface area contributed by atoms with Crippen LogP contribution < -0.4 is 10.1 Å². The van der Waals surface area contributed by atoms with Gasteiger partial charge in [0.2, 0.25) is 5.82 Å². The van der Waals surface area contributed by atoms with Crippen molar-refractivity contribution in [2.24, 2.45) is 11.8 Å². The fraction of sp³-hybridized carbons (Fsp3) is 0.692. The summed E-state index contributed by atoms with van der Waals surface area (Å²) in [5.74, 6) is 1.37. The third-order valence-electron chi connectivity index (χ3n) is 4.24. The van der Waals surface area contributed by atoms with Crippen LogP contribution in [0.15, 0.2) is 6.33 Å². The van der Waals surface area contributed by atoms with E-state index in [2.05, 4.69) is 29.1 Å². The zero-order valence-electron chi connectivity index (χ0n) is 12.0. The number of rotatable bonds is 5. The molecule has 1 fully saturated rings. The van der Waals surface area contributed by atoms with E-state index in [-0.39, 0.29) is 23.4 Å². The van der Waals surface area contributed by atoms with Crippen molar-refractivity contribution < 1.29 is 9.66 Å². The van der Waals surface area contributed by atoms with E-state index in [1.807, 2.05) is 0 Å². The molecule has 1 aliphatic carbocycles. The normalized spacial score (nSPS) is 25.4. The summed E-state index contributed by atoms with van der Waals surface area (Å²) < 4.78 is 4.95. The molecule has 1 aromatic heterocycles. The number of aromatic nitrogens is 2. The lowest BCUT2D eigenvalue weighted by atomic mass is 9.93. The number of nitrogens with one attached hydrogen (secondary N) is 1. The molecule has 0 saturated heterocycles. The number of nitro groups is 1. The van der Waals surface area contributed by atoms with E-state index in [1.54, 1.807) is 0 Å². The first-order chi connectivity index (χ1) is 9.58. The summed E-state index contributed by atoms with van der Waals surface area (Å²) >= 11 is 0. The average molecular weight is 280 g/mol. The van der Waals surface area contributed by atoms with E-state index in [1.165, 1.54) is 13.4 Å². The molecule has 2 rings (SSSR count). The Morgan fingerprint density at radius 2 is 2.25 bits per heavy atom. The lowest BCUT2D eigenvalue weighted by molar-refractivity contribution is -0.385. The Balaban J connectivity index is 2.24. The third-order valence-corrected chi connectivity index (χ3v) is 4.24. The average Bonchev–Trinajstić information content (AvgIpc) is 2.79. The lowest BCUT2D eigenvalue weighted by Crippen LogP contribution is -2.25. The number of ether oxygens (including phenoxy) is 1. The molecule has 0 radical (unpaired) electrons. The van der Waals surface area contributed by atoms with Crippen LogP contribution in [0.2, 0.25) is 0 Å². The second-order valence-electron chi connectivity index (χ2n) is 5.19. The highest BCUT2D eigenvalue weighted by molar-refractivity contribution is 5.61. The zero-order valence-corrected chi connectivity index (χ0v) is 12.0. The van der Waals surface area contributed by atoms with E-state index in [0.717, 1.165) is 19.3 Å². The van der Waals surface area contributed by atoms with Crippen molar-refractivity contribution in [3.05, 3.63) is 16.4 Å². The molecule has 1 saturated carbocycles. The zero-order chi connectivity index (χ0) is 14.7. The first-order valence-corrected chi connectivity index (χ1v) is 6.88. The van der Waals surface area contributed by atoms with Crippen LogP contribution in [-0.4, -0.2) is 28.0 Å². The first-order valence-electron chi connectivity index (χ1n) is 6.88. The van der Waals surface area contributed by atoms with Crippen LogP contribution in [0.5, 0.6) is 5.88 Å². The van der Waals surface area contributed by atoms with Crippen LogP contribution in [0.25, 0.3) is 0 Å². The number of nitrogens with zero attached hydrogens (tertiary/aromatic N) is 3. The van der Waals surface area contributed by atoms with Gasteiger partial charge in [0.05, 0.1) is 12.0 Å². The molecular weight excluding hydrogens is 260 g/mol. The number of hydrogen-bond acceptors (Lipinski definition) is 6. The molecule has 0 aliphatic heterocycles. The van der Waals surface area contributed by atoms with E-state index in [0.29, 0.717) is 11.8 Å². The Morgan fingerprint density at radius 3 is 2.80 bits per heavy atom. The number of anilines is 1. The van der Waals surface area contributed by atoms with Gasteiger partial charge in [-0.05, 0) is 24.7 Å². The smallest absolute Gasteiger partial charge is 0.372 e. The first kappa shape index (κ1) is 14.5. The summed E-state index contributed by atoms with van der Waals surface area (Å²) in [7, 11) is 1.37. The van der Waals surface area contributed by atoms with Crippen LogP contribution in [0.3, 0.4) is 0 Å². The highest BCUT2D eigenvalue weighted by Gasteiger charge is 2.34. The van der Waals surface area contributed by atoms with Crippen molar-refractivity contribution in [3.63, 3.8) is 0 Å². The lowest BCUT2D eigenvalue weighted by Gasteiger charge is -2.21. The number of hydrogen-bond donors (Lipinski definition) is 1. The van der Waals surface area contributed by atoms with Gasteiger partial charge in [-0.25, -0.2) is 4.98 Å². The molecule has 1 aliphatic rings. The molecule has 1 heterocycles.